The van der Waals surface area contributed by atoms with Crippen molar-refractivity contribution in [3.63, 3.8) is 0 Å². The Morgan fingerprint density at radius 1 is 1.15 bits per heavy atom. The highest BCUT2D eigenvalue weighted by molar-refractivity contribution is 14.0. The van der Waals surface area contributed by atoms with Gasteiger partial charge in [0, 0.05) is 51.9 Å². The van der Waals surface area contributed by atoms with Crippen molar-refractivity contribution < 1.29 is 0 Å². The lowest BCUT2D eigenvalue weighted by molar-refractivity contribution is 0.629. The summed E-state index contributed by atoms with van der Waals surface area (Å²) in [5, 5.41) is 14.8. The highest BCUT2D eigenvalue weighted by Crippen LogP contribution is 2.12. The summed E-state index contributed by atoms with van der Waals surface area (Å²) >= 11 is 0. The topological polar surface area (TPSA) is 70.4 Å². The molecule has 0 unspecified atom stereocenters. The highest BCUT2D eigenvalue weighted by Gasteiger charge is 2.04. The number of benzene rings is 1. The number of halogens is 1. The Kier molecular flexibility index (Phi) is 11.5. The predicted molar refractivity (Wildman–Crippen MR) is 123 cm³/mol. The number of nitrogens with zero attached hydrogens (tertiary/aromatic N) is 5. The molecule has 0 bridgehead atoms. The van der Waals surface area contributed by atoms with Gasteiger partial charge in [-0.15, -0.1) is 34.2 Å². The van der Waals surface area contributed by atoms with Crippen molar-refractivity contribution in [1.29, 1.82) is 0 Å². The Hall–Kier alpha value is -1.84. The SMILES string of the molecule is CCc1nncn1CCNC(=NC)NCCCN(CC)c1ccccc1.I. The number of nitrogens with one attached hydrogen (secondary N) is 2. The second kappa shape index (κ2) is 13.3. The maximum Gasteiger partial charge on any atom is 0.191 e. The third-order valence-electron chi connectivity index (χ3n) is 4.28. The number of aryl methyl sites for hydroxylation is 1. The van der Waals surface area contributed by atoms with Gasteiger partial charge in [0.2, 0.25) is 0 Å². The number of aliphatic imine (C=N–C) groups is 1. The van der Waals surface area contributed by atoms with E-state index in [2.05, 4.69) is 79.5 Å². The maximum atomic E-state index is 4.28. The Bertz CT molecular complexity index is 657. The average molecular weight is 485 g/mol. The lowest BCUT2D eigenvalue weighted by Gasteiger charge is -2.23. The minimum absolute atomic E-state index is 0. The third kappa shape index (κ3) is 7.74. The molecular weight excluding hydrogens is 453 g/mol. The summed E-state index contributed by atoms with van der Waals surface area (Å²) in [6.45, 7) is 8.81. The number of hydrogen-bond acceptors (Lipinski definition) is 4. The summed E-state index contributed by atoms with van der Waals surface area (Å²) < 4.78 is 2.07. The molecule has 0 atom stereocenters. The molecule has 8 heteroatoms. The lowest BCUT2D eigenvalue weighted by atomic mass is 10.2. The molecule has 0 saturated carbocycles. The van der Waals surface area contributed by atoms with Crippen LogP contribution < -0.4 is 15.5 Å². The zero-order valence-electron chi connectivity index (χ0n) is 16.6. The fourth-order valence-electron chi connectivity index (χ4n) is 2.84. The molecule has 0 amide bonds. The van der Waals surface area contributed by atoms with Gasteiger partial charge in [-0.25, -0.2) is 0 Å². The number of guanidine groups is 1. The molecular formula is C19H32IN7. The molecule has 0 aliphatic carbocycles. The van der Waals surface area contributed by atoms with Crippen LogP contribution >= 0.6 is 24.0 Å². The van der Waals surface area contributed by atoms with Crippen LogP contribution in [0.15, 0.2) is 41.7 Å². The number of anilines is 1. The molecule has 0 fully saturated rings. The zero-order chi connectivity index (χ0) is 18.6. The first-order chi connectivity index (χ1) is 12.8. The minimum Gasteiger partial charge on any atom is -0.372 e. The summed E-state index contributed by atoms with van der Waals surface area (Å²) in [6.07, 6.45) is 3.72. The standard InChI is InChI=1S/C19H31N7.HI/c1-4-18-24-23-16-26(18)15-13-22-19(20-3)21-12-9-14-25(5-2)17-10-7-6-8-11-17;/h6-8,10-11,16H,4-5,9,12-15H2,1-3H3,(H2,20,21,22);1H. The zero-order valence-corrected chi connectivity index (χ0v) is 18.9. The van der Waals surface area contributed by atoms with Crippen molar-refractivity contribution in [2.45, 2.75) is 33.2 Å². The van der Waals surface area contributed by atoms with Gasteiger partial charge in [0.05, 0.1) is 0 Å². The first-order valence-electron chi connectivity index (χ1n) is 9.39. The van der Waals surface area contributed by atoms with Gasteiger partial charge in [-0.1, -0.05) is 25.1 Å². The highest BCUT2D eigenvalue weighted by atomic mass is 127. The smallest absolute Gasteiger partial charge is 0.191 e. The van der Waals surface area contributed by atoms with Crippen molar-refractivity contribution in [3.05, 3.63) is 42.5 Å². The molecule has 0 spiro atoms. The molecule has 0 aliphatic rings. The minimum atomic E-state index is 0. The van der Waals surface area contributed by atoms with Crippen molar-refractivity contribution in [2.24, 2.45) is 4.99 Å². The second-order valence-electron chi connectivity index (χ2n) is 5.99. The van der Waals surface area contributed by atoms with Gasteiger partial charge in [0.25, 0.3) is 0 Å². The average Bonchev–Trinajstić information content (AvgIpc) is 3.14. The lowest BCUT2D eigenvalue weighted by Crippen LogP contribution is -2.40. The number of aromatic nitrogens is 3. The summed E-state index contributed by atoms with van der Waals surface area (Å²) in [5.74, 6) is 1.84. The van der Waals surface area contributed by atoms with Crippen LogP contribution in [0.1, 0.15) is 26.1 Å². The van der Waals surface area contributed by atoms with E-state index in [4.69, 9.17) is 0 Å². The summed E-state index contributed by atoms with van der Waals surface area (Å²) in [5.41, 5.74) is 1.28. The van der Waals surface area contributed by atoms with E-state index >= 15 is 0 Å². The Morgan fingerprint density at radius 3 is 2.56 bits per heavy atom. The number of rotatable bonds is 10. The van der Waals surface area contributed by atoms with Crippen LogP contribution in [0.2, 0.25) is 0 Å². The first-order valence-corrected chi connectivity index (χ1v) is 9.39. The number of hydrogen-bond donors (Lipinski definition) is 2. The van der Waals surface area contributed by atoms with Gasteiger partial charge in [-0.3, -0.25) is 4.99 Å². The number of para-hydroxylation sites is 1. The van der Waals surface area contributed by atoms with Crippen LogP contribution in [0.4, 0.5) is 5.69 Å². The predicted octanol–water partition coefficient (Wildman–Crippen LogP) is 2.54. The van der Waals surface area contributed by atoms with Crippen LogP contribution in [0.25, 0.3) is 0 Å². The van der Waals surface area contributed by atoms with Crippen LogP contribution in [-0.2, 0) is 13.0 Å². The largest absolute Gasteiger partial charge is 0.372 e. The molecule has 2 aromatic rings. The van der Waals surface area contributed by atoms with Gasteiger partial charge in [-0.05, 0) is 25.5 Å². The molecule has 1 aromatic heterocycles. The van der Waals surface area contributed by atoms with Gasteiger partial charge in [0.1, 0.15) is 12.2 Å². The van der Waals surface area contributed by atoms with Gasteiger partial charge >= 0.3 is 0 Å². The normalized spacial score (nSPS) is 11.0. The molecule has 0 aliphatic heterocycles. The van der Waals surface area contributed by atoms with E-state index in [9.17, 15) is 0 Å². The van der Waals surface area contributed by atoms with E-state index in [1.165, 1.54) is 5.69 Å². The van der Waals surface area contributed by atoms with E-state index in [0.717, 1.165) is 57.3 Å². The molecule has 2 N–H and O–H groups in total. The first kappa shape index (κ1) is 23.2. The molecule has 0 radical (unpaired) electrons. The van der Waals surface area contributed by atoms with E-state index < -0.39 is 0 Å². The molecule has 27 heavy (non-hydrogen) atoms. The molecule has 1 aromatic carbocycles. The molecule has 2 rings (SSSR count). The Morgan fingerprint density at radius 2 is 1.89 bits per heavy atom. The van der Waals surface area contributed by atoms with Crippen molar-refractivity contribution >= 4 is 35.6 Å². The van der Waals surface area contributed by atoms with Crippen LogP contribution in [0.5, 0.6) is 0 Å². The fraction of sp³-hybridized carbons (Fsp3) is 0.526. The molecule has 150 valence electrons. The maximum absolute atomic E-state index is 4.28. The van der Waals surface area contributed by atoms with E-state index in [-0.39, 0.29) is 24.0 Å². The second-order valence-corrected chi connectivity index (χ2v) is 5.99. The van der Waals surface area contributed by atoms with Gasteiger partial charge in [-0.2, -0.15) is 0 Å². The van der Waals surface area contributed by atoms with E-state index in [0.29, 0.717) is 0 Å². The Labute approximate surface area is 179 Å². The van der Waals surface area contributed by atoms with Crippen molar-refractivity contribution in [1.82, 2.24) is 25.4 Å². The van der Waals surface area contributed by atoms with Crippen molar-refractivity contribution in [3.8, 4) is 0 Å². The van der Waals surface area contributed by atoms with E-state index in [1.807, 2.05) is 0 Å². The van der Waals surface area contributed by atoms with E-state index in [1.54, 1.807) is 13.4 Å². The van der Waals surface area contributed by atoms with Crippen LogP contribution in [0.3, 0.4) is 0 Å². The fourth-order valence-corrected chi connectivity index (χ4v) is 2.84. The van der Waals surface area contributed by atoms with Crippen LogP contribution in [-0.4, -0.2) is 54.0 Å². The third-order valence-corrected chi connectivity index (χ3v) is 4.28. The van der Waals surface area contributed by atoms with Gasteiger partial charge < -0.3 is 20.1 Å². The van der Waals surface area contributed by atoms with Crippen LogP contribution in [0, 0.1) is 0 Å². The molecule has 0 saturated heterocycles. The Balaban J connectivity index is 0.00000364. The molecule has 7 nitrogen and oxygen atoms in total. The quantitative estimate of drug-likeness (QED) is 0.234. The van der Waals surface area contributed by atoms with Crippen molar-refractivity contribution in [2.75, 3.05) is 38.1 Å². The summed E-state index contributed by atoms with van der Waals surface area (Å²) in [7, 11) is 1.80. The summed E-state index contributed by atoms with van der Waals surface area (Å²) in [4.78, 5) is 6.67. The molecule has 1 heterocycles. The summed E-state index contributed by atoms with van der Waals surface area (Å²) in [6, 6.07) is 10.5. The van der Waals surface area contributed by atoms with Gasteiger partial charge in [0.15, 0.2) is 5.96 Å². The monoisotopic (exact) mass is 485 g/mol.